The van der Waals surface area contributed by atoms with Gasteiger partial charge in [0.2, 0.25) is 0 Å². The van der Waals surface area contributed by atoms with Crippen LogP contribution in [0.4, 0.5) is 22.0 Å². The maximum Gasteiger partial charge on any atom is 0.416 e. The highest BCUT2D eigenvalue weighted by Crippen LogP contribution is 2.35. The third kappa shape index (κ3) is 4.57. The average Bonchev–Trinajstić information content (AvgIpc) is 3.24. The second kappa shape index (κ2) is 8.70. The Morgan fingerprint density at radius 1 is 0.857 bits per heavy atom. The van der Waals surface area contributed by atoms with Gasteiger partial charge in [-0.2, -0.15) is 18.3 Å². The molecule has 11 heteroatoms. The van der Waals surface area contributed by atoms with Gasteiger partial charge in [-0.3, -0.25) is 9.67 Å². The van der Waals surface area contributed by atoms with Crippen LogP contribution < -0.4 is 0 Å². The zero-order valence-corrected chi connectivity index (χ0v) is 18.3. The predicted octanol–water partition coefficient (Wildman–Crippen LogP) is 6.51. The predicted molar refractivity (Wildman–Crippen MR) is 119 cm³/mol. The van der Waals surface area contributed by atoms with Crippen LogP contribution in [-0.2, 0) is 12.7 Å². The van der Waals surface area contributed by atoms with Crippen molar-refractivity contribution in [3.05, 3.63) is 94.9 Å². The molecule has 0 unspecified atom stereocenters. The minimum absolute atomic E-state index is 0.0468. The highest BCUT2D eigenvalue weighted by molar-refractivity contribution is 6.33. The Kier molecular flexibility index (Phi) is 5.68. The van der Waals surface area contributed by atoms with Gasteiger partial charge < -0.3 is 0 Å². The smallest absolute Gasteiger partial charge is 0.266 e. The molecule has 0 bridgehead atoms. The summed E-state index contributed by atoms with van der Waals surface area (Å²) >= 11 is 6.05. The van der Waals surface area contributed by atoms with Gasteiger partial charge in [-0.15, -0.1) is 0 Å². The topological polar surface area (TPSA) is 56.5 Å². The van der Waals surface area contributed by atoms with Crippen molar-refractivity contribution in [2.24, 2.45) is 0 Å². The molecular weight excluding hydrogens is 489 g/mol. The number of rotatable bonds is 4. The summed E-state index contributed by atoms with van der Waals surface area (Å²) in [6, 6.07) is 10.3. The van der Waals surface area contributed by atoms with Crippen LogP contribution in [0, 0.1) is 11.6 Å². The fourth-order valence-corrected chi connectivity index (χ4v) is 3.79. The van der Waals surface area contributed by atoms with E-state index in [9.17, 15) is 22.0 Å². The van der Waals surface area contributed by atoms with Crippen LogP contribution in [0.3, 0.4) is 0 Å². The van der Waals surface area contributed by atoms with Gasteiger partial charge in [0.25, 0.3) is 0 Å². The third-order valence-corrected chi connectivity index (χ3v) is 5.56. The van der Waals surface area contributed by atoms with Crippen molar-refractivity contribution >= 4 is 11.6 Å². The van der Waals surface area contributed by atoms with Crippen LogP contribution in [0.15, 0.2) is 67.1 Å². The Hall–Kier alpha value is -3.92. The van der Waals surface area contributed by atoms with Crippen molar-refractivity contribution in [1.82, 2.24) is 24.7 Å². The van der Waals surface area contributed by atoms with E-state index in [1.807, 2.05) is 0 Å². The number of aromatic nitrogens is 5. The van der Waals surface area contributed by atoms with E-state index in [2.05, 4.69) is 20.1 Å². The molecule has 35 heavy (non-hydrogen) atoms. The first kappa shape index (κ1) is 22.9. The second-order valence-corrected chi connectivity index (χ2v) is 8.04. The molecule has 0 amide bonds. The number of hydrogen-bond donors (Lipinski definition) is 0. The number of imidazole rings is 1. The van der Waals surface area contributed by atoms with E-state index in [-0.39, 0.29) is 16.4 Å². The standard InChI is InChI=1S/C24H13ClF5N5/c25-17-8-14(24(28,29)30)5-6-15(17)19-7-4-13(9-31-19)11-35-12-21-20(10-32-35)33-23(34-21)16-2-1-3-18(26)22(16)27/h1-10,12H,11H2. The second-order valence-electron chi connectivity index (χ2n) is 7.63. The van der Waals surface area contributed by atoms with E-state index in [1.165, 1.54) is 24.4 Å². The number of benzene rings is 2. The minimum atomic E-state index is -4.48. The molecule has 0 N–H and O–H groups in total. The molecule has 0 spiro atoms. The van der Waals surface area contributed by atoms with Crippen LogP contribution in [0.5, 0.6) is 0 Å². The summed E-state index contributed by atoms with van der Waals surface area (Å²) in [5, 5.41) is 4.21. The van der Waals surface area contributed by atoms with Crippen LogP contribution in [-0.4, -0.2) is 24.7 Å². The lowest BCUT2D eigenvalue weighted by Gasteiger charge is -2.10. The number of fused-ring (bicyclic) bond motifs is 1. The Bertz CT molecular complexity index is 1500. The summed E-state index contributed by atoms with van der Waals surface area (Å²) in [6.07, 6.45) is 0.159. The molecule has 3 aromatic rings. The van der Waals surface area contributed by atoms with Crippen LogP contribution >= 0.6 is 11.6 Å². The number of halogens is 6. The first-order chi connectivity index (χ1) is 16.7. The molecule has 0 saturated heterocycles. The fourth-order valence-electron chi connectivity index (χ4n) is 3.51. The minimum Gasteiger partial charge on any atom is -0.266 e. The molecule has 176 valence electrons. The van der Waals surface area contributed by atoms with E-state index in [1.54, 1.807) is 29.2 Å². The van der Waals surface area contributed by atoms with E-state index >= 15 is 0 Å². The zero-order chi connectivity index (χ0) is 24.7. The van der Waals surface area contributed by atoms with Crippen LogP contribution in [0.1, 0.15) is 11.1 Å². The quantitative estimate of drug-likeness (QED) is 0.264. The SMILES string of the molecule is Fc1cccc(-c2nc3cnn(Cc4ccc(-c5ccc(C(F)(F)F)cc5Cl)nc4)cc-3n2)c1F. The number of hydrogen-bond acceptors (Lipinski definition) is 4. The summed E-state index contributed by atoms with van der Waals surface area (Å²) in [6.45, 7) is 0.306. The maximum absolute atomic E-state index is 14.1. The summed E-state index contributed by atoms with van der Waals surface area (Å²) in [5.74, 6) is -1.96. The molecule has 0 saturated carbocycles. The molecular formula is C24H13ClF5N5. The van der Waals surface area contributed by atoms with E-state index in [0.717, 1.165) is 23.8 Å². The average molecular weight is 502 g/mol. The number of pyridine rings is 1. The lowest BCUT2D eigenvalue weighted by atomic mass is 10.1. The summed E-state index contributed by atoms with van der Waals surface area (Å²) in [7, 11) is 0. The van der Waals surface area contributed by atoms with Gasteiger partial charge in [0.15, 0.2) is 17.5 Å². The van der Waals surface area contributed by atoms with Gasteiger partial charge in [-0.1, -0.05) is 29.8 Å². The van der Waals surface area contributed by atoms with Crippen molar-refractivity contribution in [3.8, 4) is 34.0 Å². The molecule has 3 heterocycles. The van der Waals surface area contributed by atoms with Crippen molar-refractivity contribution < 1.29 is 22.0 Å². The lowest BCUT2D eigenvalue weighted by molar-refractivity contribution is -0.137. The Morgan fingerprint density at radius 3 is 2.37 bits per heavy atom. The van der Waals surface area contributed by atoms with Gasteiger partial charge in [-0.05, 0) is 35.9 Å². The fraction of sp³-hybridized carbons (Fsp3) is 0.0833. The highest BCUT2D eigenvalue weighted by Gasteiger charge is 2.31. The van der Waals surface area contributed by atoms with Gasteiger partial charge in [0.1, 0.15) is 11.4 Å². The molecule has 0 atom stereocenters. The summed E-state index contributed by atoms with van der Waals surface area (Å²) in [5.41, 5.74) is 1.54. The van der Waals surface area contributed by atoms with Crippen LogP contribution in [0.2, 0.25) is 5.02 Å². The van der Waals surface area contributed by atoms with E-state index in [4.69, 9.17) is 11.6 Å². The van der Waals surface area contributed by atoms with Crippen LogP contribution in [0.25, 0.3) is 34.0 Å². The maximum atomic E-state index is 14.1. The molecule has 2 aliphatic rings. The largest absolute Gasteiger partial charge is 0.416 e. The highest BCUT2D eigenvalue weighted by atomic mass is 35.5. The van der Waals surface area contributed by atoms with Crippen molar-refractivity contribution in [3.63, 3.8) is 0 Å². The summed E-state index contributed by atoms with van der Waals surface area (Å²) < 4.78 is 67.8. The Morgan fingerprint density at radius 2 is 1.66 bits per heavy atom. The Labute approximate surface area is 200 Å². The van der Waals surface area contributed by atoms with Gasteiger partial charge in [0, 0.05) is 11.8 Å². The molecule has 0 radical (unpaired) electrons. The molecule has 0 fully saturated rings. The monoisotopic (exact) mass is 501 g/mol. The van der Waals surface area contributed by atoms with Crippen molar-refractivity contribution in [1.29, 1.82) is 0 Å². The van der Waals surface area contributed by atoms with Crippen molar-refractivity contribution in [2.45, 2.75) is 12.7 Å². The number of alkyl halides is 3. The molecule has 2 aromatic carbocycles. The molecule has 2 aliphatic heterocycles. The normalized spacial score (nSPS) is 11.8. The van der Waals surface area contributed by atoms with Crippen molar-refractivity contribution in [2.75, 3.05) is 0 Å². The molecule has 5 nitrogen and oxygen atoms in total. The number of nitrogens with zero attached hydrogens (tertiary/aromatic N) is 5. The third-order valence-electron chi connectivity index (χ3n) is 5.25. The zero-order valence-electron chi connectivity index (χ0n) is 17.6. The lowest BCUT2D eigenvalue weighted by Crippen LogP contribution is -2.06. The van der Waals surface area contributed by atoms with E-state index in [0.29, 0.717) is 29.2 Å². The molecule has 0 aliphatic carbocycles. The molecule has 5 rings (SSSR count). The van der Waals surface area contributed by atoms with Gasteiger partial charge >= 0.3 is 6.18 Å². The van der Waals surface area contributed by atoms with Gasteiger partial charge in [0.05, 0.1) is 40.8 Å². The first-order valence-corrected chi connectivity index (χ1v) is 10.5. The molecule has 1 aromatic heterocycles. The first-order valence-electron chi connectivity index (χ1n) is 10.2. The Balaban J connectivity index is 1.37. The van der Waals surface area contributed by atoms with E-state index < -0.39 is 23.4 Å². The van der Waals surface area contributed by atoms with Gasteiger partial charge in [-0.25, -0.2) is 18.7 Å². The summed E-state index contributed by atoms with van der Waals surface area (Å²) in [4.78, 5) is 12.8.